The van der Waals surface area contributed by atoms with Gasteiger partial charge in [0, 0.05) is 29.1 Å². The SMILES string of the molecule is COc1ccc(C(=O)Cn2c(C)cc(=O)cc2C)cc1OC1CCC1. The Morgan fingerprint density at radius 1 is 1.12 bits per heavy atom. The second-order valence-corrected chi connectivity index (χ2v) is 6.52. The van der Waals surface area contributed by atoms with E-state index in [1.54, 1.807) is 37.4 Å². The zero-order valence-corrected chi connectivity index (χ0v) is 14.9. The van der Waals surface area contributed by atoms with E-state index in [9.17, 15) is 9.59 Å². The Balaban J connectivity index is 1.84. The average molecular weight is 341 g/mol. The Morgan fingerprint density at radius 2 is 1.80 bits per heavy atom. The van der Waals surface area contributed by atoms with Crippen LogP contribution in [0.5, 0.6) is 11.5 Å². The monoisotopic (exact) mass is 341 g/mol. The number of rotatable bonds is 6. The fourth-order valence-electron chi connectivity index (χ4n) is 2.98. The van der Waals surface area contributed by atoms with Gasteiger partial charge in [-0.3, -0.25) is 9.59 Å². The molecule has 1 aliphatic rings. The molecule has 0 saturated heterocycles. The molecule has 3 rings (SSSR count). The quantitative estimate of drug-likeness (QED) is 0.757. The largest absolute Gasteiger partial charge is 0.493 e. The molecule has 132 valence electrons. The molecule has 1 saturated carbocycles. The second kappa shape index (κ2) is 7.13. The van der Waals surface area contributed by atoms with E-state index < -0.39 is 0 Å². The number of hydrogen-bond acceptors (Lipinski definition) is 4. The van der Waals surface area contributed by atoms with Crippen LogP contribution < -0.4 is 14.9 Å². The summed E-state index contributed by atoms with van der Waals surface area (Å²) in [5.41, 5.74) is 2.09. The van der Waals surface area contributed by atoms with Gasteiger partial charge in [-0.25, -0.2) is 0 Å². The molecule has 0 spiro atoms. The molecular formula is C20H23NO4. The number of nitrogens with zero attached hydrogens (tertiary/aromatic N) is 1. The third-order valence-electron chi connectivity index (χ3n) is 4.69. The molecule has 0 N–H and O–H groups in total. The summed E-state index contributed by atoms with van der Waals surface area (Å²) < 4.78 is 13.1. The molecule has 0 bridgehead atoms. The highest BCUT2D eigenvalue weighted by Crippen LogP contribution is 2.33. The molecule has 25 heavy (non-hydrogen) atoms. The number of ketones is 1. The van der Waals surface area contributed by atoms with Gasteiger partial charge >= 0.3 is 0 Å². The third-order valence-corrected chi connectivity index (χ3v) is 4.69. The summed E-state index contributed by atoms with van der Waals surface area (Å²) in [6, 6.07) is 8.36. The van der Waals surface area contributed by atoms with E-state index in [2.05, 4.69) is 0 Å². The van der Waals surface area contributed by atoms with Crippen LogP contribution >= 0.6 is 0 Å². The maximum absolute atomic E-state index is 12.7. The summed E-state index contributed by atoms with van der Waals surface area (Å²) in [6.07, 6.45) is 3.47. The van der Waals surface area contributed by atoms with Crippen LogP contribution in [-0.4, -0.2) is 23.6 Å². The van der Waals surface area contributed by atoms with Gasteiger partial charge in [0.05, 0.1) is 19.8 Å². The fourth-order valence-corrected chi connectivity index (χ4v) is 2.98. The summed E-state index contributed by atoms with van der Waals surface area (Å²) >= 11 is 0. The predicted octanol–water partition coefficient (Wildman–Crippen LogP) is 3.29. The fraction of sp³-hybridized carbons (Fsp3) is 0.400. The lowest BCUT2D eigenvalue weighted by Crippen LogP contribution is -2.25. The number of benzene rings is 1. The maximum Gasteiger partial charge on any atom is 0.182 e. The van der Waals surface area contributed by atoms with Gasteiger partial charge in [-0.15, -0.1) is 0 Å². The Labute approximate surface area is 147 Å². The minimum atomic E-state index is -0.0423. The van der Waals surface area contributed by atoms with Crippen molar-refractivity contribution < 1.29 is 14.3 Å². The van der Waals surface area contributed by atoms with Crippen molar-refractivity contribution in [2.45, 2.75) is 45.8 Å². The Hall–Kier alpha value is -2.56. The van der Waals surface area contributed by atoms with Gasteiger partial charge in [0.2, 0.25) is 0 Å². The van der Waals surface area contributed by atoms with E-state index in [-0.39, 0.29) is 23.9 Å². The summed E-state index contributed by atoms with van der Waals surface area (Å²) in [5.74, 6) is 1.22. The minimum Gasteiger partial charge on any atom is -0.493 e. The predicted molar refractivity (Wildman–Crippen MR) is 95.8 cm³/mol. The van der Waals surface area contributed by atoms with E-state index in [1.165, 1.54) is 6.42 Å². The van der Waals surface area contributed by atoms with E-state index >= 15 is 0 Å². The first kappa shape index (κ1) is 17.3. The number of ether oxygens (including phenoxy) is 2. The summed E-state index contributed by atoms with van der Waals surface area (Å²) in [7, 11) is 1.59. The number of methoxy groups -OCH3 is 1. The molecule has 1 aromatic heterocycles. The zero-order valence-electron chi connectivity index (χ0n) is 14.9. The normalized spacial score (nSPS) is 14.0. The van der Waals surface area contributed by atoms with Crippen molar-refractivity contribution in [2.75, 3.05) is 7.11 Å². The van der Waals surface area contributed by atoms with Gasteiger partial charge in [0.25, 0.3) is 0 Å². The summed E-state index contributed by atoms with van der Waals surface area (Å²) in [5, 5.41) is 0. The van der Waals surface area contributed by atoms with Gasteiger partial charge in [0.15, 0.2) is 22.7 Å². The van der Waals surface area contributed by atoms with E-state index in [1.807, 2.05) is 18.4 Å². The Kier molecular flexibility index (Phi) is 4.93. The van der Waals surface area contributed by atoms with E-state index in [0.29, 0.717) is 17.1 Å². The van der Waals surface area contributed by atoms with Crippen molar-refractivity contribution in [3.63, 3.8) is 0 Å². The highest BCUT2D eigenvalue weighted by Gasteiger charge is 2.21. The first-order valence-corrected chi connectivity index (χ1v) is 8.54. The number of aryl methyl sites for hydroxylation is 2. The standard InChI is InChI=1S/C20H23NO4/c1-13-9-16(22)10-14(2)21(13)12-18(23)15-7-8-19(24-3)20(11-15)25-17-5-4-6-17/h7-11,17H,4-6,12H2,1-3H3. The average Bonchev–Trinajstić information content (AvgIpc) is 2.53. The van der Waals surface area contributed by atoms with E-state index in [4.69, 9.17) is 9.47 Å². The van der Waals surface area contributed by atoms with Crippen LogP contribution in [-0.2, 0) is 6.54 Å². The molecule has 0 amide bonds. The molecule has 0 aliphatic heterocycles. The molecule has 0 atom stereocenters. The molecule has 5 nitrogen and oxygen atoms in total. The van der Waals surface area contributed by atoms with Gasteiger partial charge in [0.1, 0.15) is 0 Å². The molecule has 0 radical (unpaired) electrons. The summed E-state index contributed by atoms with van der Waals surface area (Å²) in [4.78, 5) is 24.3. The van der Waals surface area contributed by atoms with Gasteiger partial charge in [-0.05, 0) is 51.3 Å². The van der Waals surface area contributed by atoms with Crippen LogP contribution in [0.2, 0.25) is 0 Å². The molecule has 1 fully saturated rings. The number of carbonyl (C=O) groups is 1. The van der Waals surface area contributed by atoms with Crippen LogP contribution in [0.4, 0.5) is 0 Å². The first-order valence-electron chi connectivity index (χ1n) is 8.54. The lowest BCUT2D eigenvalue weighted by molar-refractivity contribution is 0.0965. The number of pyridine rings is 1. The van der Waals surface area contributed by atoms with Crippen molar-refractivity contribution in [3.8, 4) is 11.5 Å². The van der Waals surface area contributed by atoms with E-state index in [0.717, 1.165) is 24.2 Å². The number of aromatic nitrogens is 1. The number of Topliss-reactive ketones (excluding diaryl/α,β-unsaturated/α-hetero) is 1. The van der Waals surface area contributed by atoms with Gasteiger partial charge in [-0.1, -0.05) is 0 Å². The summed E-state index contributed by atoms with van der Waals surface area (Å²) in [6.45, 7) is 3.86. The molecule has 1 heterocycles. The molecule has 1 aromatic carbocycles. The Morgan fingerprint density at radius 3 is 2.36 bits per heavy atom. The van der Waals surface area contributed by atoms with Crippen molar-refractivity contribution in [2.24, 2.45) is 0 Å². The molecule has 5 heteroatoms. The van der Waals surface area contributed by atoms with Crippen LogP contribution in [0.15, 0.2) is 35.1 Å². The van der Waals surface area contributed by atoms with Crippen LogP contribution in [0.1, 0.15) is 41.0 Å². The third kappa shape index (κ3) is 3.76. The molecular weight excluding hydrogens is 318 g/mol. The van der Waals surface area contributed by atoms with Crippen molar-refractivity contribution >= 4 is 5.78 Å². The molecule has 0 unspecified atom stereocenters. The van der Waals surface area contributed by atoms with Gasteiger partial charge in [-0.2, -0.15) is 0 Å². The lowest BCUT2D eigenvalue weighted by atomic mass is 9.96. The smallest absolute Gasteiger partial charge is 0.182 e. The Bertz CT molecular complexity index is 823. The number of carbonyl (C=O) groups excluding carboxylic acids is 1. The van der Waals surface area contributed by atoms with Crippen molar-refractivity contribution in [1.29, 1.82) is 0 Å². The molecule has 1 aliphatic carbocycles. The van der Waals surface area contributed by atoms with Crippen LogP contribution in [0.25, 0.3) is 0 Å². The topological polar surface area (TPSA) is 57.5 Å². The van der Waals surface area contributed by atoms with Crippen molar-refractivity contribution in [3.05, 3.63) is 57.5 Å². The van der Waals surface area contributed by atoms with Crippen LogP contribution in [0, 0.1) is 13.8 Å². The highest BCUT2D eigenvalue weighted by atomic mass is 16.5. The second-order valence-electron chi connectivity index (χ2n) is 6.52. The molecule has 2 aromatic rings. The minimum absolute atomic E-state index is 0.0315. The zero-order chi connectivity index (χ0) is 18.0. The van der Waals surface area contributed by atoms with Gasteiger partial charge < -0.3 is 14.0 Å². The first-order chi connectivity index (χ1) is 12.0. The highest BCUT2D eigenvalue weighted by molar-refractivity contribution is 5.96. The lowest BCUT2D eigenvalue weighted by Gasteiger charge is -2.27. The number of hydrogen-bond donors (Lipinski definition) is 0. The van der Waals surface area contributed by atoms with Crippen molar-refractivity contribution in [1.82, 2.24) is 4.57 Å². The van der Waals surface area contributed by atoms with Crippen LogP contribution in [0.3, 0.4) is 0 Å². The maximum atomic E-state index is 12.7.